The molecule has 0 spiro atoms. The summed E-state index contributed by atoms with van der Waals surface area (Å²) in [6, 6.07) is 13.0. The van der Waals surface area contributed by atoms with Gasteiger partial charge in [0.2, 0.25) is 0 Å². The first-order valence-corrected chi connectivity index (χ1v) is 5.87. The van der Waals surface area contributed by atoms with Crippen molar-refractivity contribution in [3.05, 3.63) is 47.5 Å². The maximum absolute atomic E-state index is 5.61. The second kappa shape index (κ2) is 3.83. The van der Waals surface area contributed by atoms with E-state index in [4.69, 9.17) is 9.47 Å². The van der Waals surface area contributed by atoms with E-state index in [1.54, 1.807) is 7.11 Å². The van der Waals surface area contributed by atoms with Gasteiger partial charge >= 0.3 is 0 Å². The van der Waals surface area contributed by atoms with Crippen LogP contribution in [0.5, 0.6) is 0 Å². The van der Waals surface area contributed by atoms with Crippen LogP contribution in [0.4, 0.5) is 0 Å². The highest BCUT2D eigenvalue weighted by Crippen LogP contribution is 2.34. The molecule has 0 amide bonds. The molecule has 0 bridgehead atoms. The number of aryl methyl sites for hydroxylation is 1. The maximum atomic E-state index is 5.61. The van der Waals surface area contributed by atoms with Gasteiger partial charge in [-0.15, -0.1) is 0 Å². The third-order valence-corrected chi connectivity index (χ3v) is 3.58. The number of fused-ring (bicyclic) bond motifs is 1. The Morgan fingerprint density at radius 1 is 1.06 bits per heavy atom. The predicted molar refractivity (Wildman–Crippen MR) is 68.2 cm³/mol. The van der Waals surface area contributed by atoms with Gasteiger partial charge in [-0.1, -0.05) is 35.9 Å². The third kappa shape index (κ3) is 1.65. The molecule has 1 saturated heterocycles. The van der Waals surface area contributed by atoms with E-state index in [1.807, 2.05) is 0 Å². The fourth-order valence-electron chi connectivity index (χ4n) is 2.34. The van der Waals surface area contributed by atoms with Crippen molar-refractivity contribution in [3.8, 4) is 0 Å². The van der Waals surface area contributed by atoms with Gasteiger partial charge in [-0.05, 0) is 29.3 Å². The molecule has 1 fully saturated rings. The predicted octanol–water partition coefficient (Wildman–Crippen LogP) is 3.02. The van der Waals surface area contributed by atoms with Gasteiger partial charge in [0.1, 0.15) is 5.60 Å². The van der Waals surface area contributed by atoms with Gasteiger partial charge in [-0.2, -0.15) is 0 Å². The number of rotatable bonds is 2. The van der Waals surface area contributed by atoms with Crippen molar-refractivity contribution in [2.75, 3.05) is 20.3 Å². The van der Waals surface area contributed by atoms with Gasteiger partial charge in [0.25, 0.3) is 0 Å². The molecule has 0 atom stereocenters. The maximum Gasteiger partial charge on any atom is 0.139 e. The van der Waals surface area contributed by atoms with Gasteiger partial charge < -0.3 is 9.47 Å². The van der Waals surface area contributed by atoms with Crippen molar-refractivity contribution in [2.24, 2.45) is 0 Å². The molecule has 0 saturated carbocycles. The standard InChI is InChI=1S/C15H16O2/c1-11-3-4-13-8-14(6-5-12(13)7-11)15(16-2)9-17-10-15/h3-8H,9-10H2,1-2H3. The van der Waals surface area contributed by atoms with Crippen molar-refractivity contribution in [3.63, 3.8) is 0 Å². The number of benzene rings is 2. The molecule has 1 heterocycles. The lowest BCUT2D eigenvalue weighted by Crippen LogP contribution is -2.48. The molecule has 2 aromatic carbocycles. The molecule has 1 aliphatic rings. The van der Waals surface area contributed by atoms with Crippen LogP contribution in [0.25, 0.3) is 10.8 Å². The highest BCUT2D eigenvalue weighted by Gasteiger charge is 2.40. The summed E-state index contributed by atoms with van der Waals surface area (Å²) >= 11 is 0. The van der Waals surface area contributed by atoms with Crippen LogP contribution in [0.1, 0.15) is 11.1 Å². The molecule has 88 valence electrons. The summed E-state index contributed by atoms with van der Waals surface area (Å²) in [5.41, 5.74) is 2.28. The number of hydrogen-bond acceptors (Lipinski definition) is 2. The summed E-state index contributed by atoms with van der Waals surface area (Å²) in [6.07, 6.45) is 0. The SMILES string of the molecule is COC1(c2ccc3cc(C)ccc3c2)COC1. The van der Waals surface area contributed by atoms with E-state index < -0.39 is 0 Å². The highest BCUT2D eigenvalue weighted by molar-refractivity contribution is 5.84. The molecule has 2 aromatic rings. The summed E-state index contributed by atoms with van der Waals surface area (Å²) < 4.78 is 10.9. The number of hydrogen-bond donors (Lipinski definition) is 0. The number of methoxy groups -OCH3 is 1. The van der Waals surface area contributed by atoms with Crippen LogP contribution in [0.2, 0.25) is 0 Å². The lowest BCUT2D eigenvalue weighted by molar-refractivity contribution is -0.202. The monoisotopic (exact) mass is 228 g/mol. The molecule has 2 heteroatoms. The molecule has 1 aliphatic heterocycles. The molecular formula is C15H16O2. The van der Waals surface area contributed by atoms with Crippen LogP contribution in [0.3, 0.4) is 0 Å². The van der Waals surface area contributed by atoms with E-state index in [-0.39, 0.29) is 5.60 Å². The summed E-state index contributed by atoms with van der Waals surface area (Å²) in [5.74, 6) is 0. The third-order valence-electron chi connectivity index (χ3n) is 3.58. The molecule has 0 N–H and O–H groups in total. The van der Waals surface area contributed by atoms with Crippen LogP contribution >= 0.6 is 0 Å². The Balaban J connectivity index is 2.10. The van der Waals surface area contributed by atoms with E-state index in [0.717, 1.165) is 0 Å². The Hall–Kier alpha value is -1.38. The zero-order chi connectivity index (χ0) is 11.9. The van der Waals surface area contributed by atoms with Crippen molar-refractivity contribution in [1.82, 2.24) is 0 Å². The Labute approximate surface area is 101 Å². The van der Waals surface area contributed by atoms with E-state index in [0.29, 0.717) is 13.2 Å². The topological polar surface area (TPSA) is 18.5 Å². The smallest absolute Gasteiger partial charge is 0.139 e. The average molecular weight is 228 g/mol. The Morgan fingerprint density at radius 3 is 2.41 bits per heavy atom. The molecule has 0 aromatic heterocycles. The quantitative estimate of drug-likeness (QED) is 0.786. The first-order chi connectivity index (χ1) is 8.23. The van der Waals surface area contributed by atoms with Gasteiger partial charge in [-0.3, -0.25) is 0 Å². The normalized spacial score (nSPS) is 18.0. The van der Waals surface area contributed by atoms with Gasteiger partial charge in [0.05, 0.1) is 13.2 Å². The van der Waals surface area contributed by atoms with Gasteiger partial charge in [0.15, 0.2) is 0 Å². The Bertz CT molecular complexity index is 550. The number of ether oxygens (including phenoxy) is 2. The van der Waals surface area contributed by atoms with E-state index in [1.165, 1.54) is 21.9 Å². The van der Waals surface area contributed by atoms with Crippen LogP contribution in [-0.2, 0) is 15.1 Å². The largest absolute Gasteiger partial charge is 0.375 e. The Kier molecular flexibility index (Phi) is 2.42. The molecule has 17 heavy (non-hydrogen) atoms. The molecule has 0 aliphatic carbocycles. The van der Waals surface area contributed by atoms with Crippen LogP contribution in [0.15, 0.2) is 36.4 Å². The minimum absolute atomic E-state index is 0.223. The zero-order valence-electron chi connectivity index (χ0n) is 10.2. The van der Waals surface area contributed by atoms with Gasteiger partial charge in [0, 0.05) is 7.11 Å². The van der Waals surface area contributed by atoms with Crippen molar-refractivity contribution < 1.29 is 9.47 Å². The molecule has 3 rings (SSSR count). The lowest BCUT2D eigenvalue weighted by atomic mass is 9.90. The fourth-order valence-corrected chi connectivity index (χ4v) is 2.34. The highest BCUT2D eigenvalue weighted by atomic mass is 16.6. The van der Waals surface area contributed by atoms with Crippen LogP contribution < -0.4 is 0 Å². The molecule has 2 nitrogen and oxygen atoms in total. The summed E-state index contributed by atoms with van der Waals surface area (Å²) in [7, 11) is 1.75. The summed E-state index contributed by atoms with van der Waals surface area (Å²) in [6.45, 7) is 3.42. The Morgan fingerprint density at radius 2 is 1.76 bits per heavy atom. The van der Waals surface area contributed by atoms with Crippen molar-refractivity contribution in [2.45, 2.75) is 12.5 Å². The zero-order valence-corrected chi connectivity index (χ0v) is 10.2. The van der Waals surface area contributed by atoms with E-state index in [2.05, 4.69) is 43.3 Å². The second-order valence-corrected chi connectivity index (χ2v) is 4.76. The minimum Gasteiger partial charge on any atom is -0.375 e. The fraction of sp³-hybridized carbons (Fsp3) is 0.333. The second-order valence-electron chi connectivity index (χ2n) is 4.76. The average Bonchev–Trinajstić information content (AvgIpc) is 2.28. The van der Waals surface area contributed by atoms with Crippen molar-refractivity contribution >= 4 is 10.8 Å². The van der Waals surface area contributed by atoms with Crippen LogP contribution in [0, 0.1) is 6.92 Å². The van der Waals surface area contributed by atoms with E-state index in [9.17, 15) is 0 Å². The minimum atomic E-state index is -0.223. The van der Waals surface area contributed by atoms with Crippen LogP contribution in [-0.4, -0.2) is 20.3 Å². The van der Waals surface area contributed by atoms with Crippen molar-refractivity contribution in [1.29, 1.82) is 0 Å². The lowest BCUT2D eigenvalue weighted by Gasteiger charge is -2.40. The van der Waals surface area contributed by atoms with E-state index >= 15 is 0 Å². The summed E-state index contributed by atoms with van der Waals surface area (Å²) in [4.78, 5) is 0. The molecule has 0 radical (unpaired) electrons. The molecule has 0 unspecified atom stereocenters. The molecular weight excluding hydrogens is 212 g/mol. The first-order valence-electron chi connectivity index (χ1n) is 5.87. The van der Waals surface area contributed by atoms with Gasteiger partial charge in [-0.25, -0.2) is 0 Å². The first kappa shape index (κ1) is 10.8. The summed E-state index contributed by atoms with van der Waals surface area (Å²) in [5, 5.41) is 2.54.